The standard InChI is InChI=1S/C16H14N2O4/c1-9-7-11(3-5-13(9)15(19)20)17-18-12-4-6-14(16(21)22)10(2)8-12/h3-8H,1-2H3,(H,19,20)(H,21,22)/b18-17+. The van der Waals surface area contributed by atoms with Gasteiger partial charge in [-0.25, -0.2) is 9.59 Å². The van der Waals surface area contributed by atoms with Crippen molar-refractivity contribution in [2.45, 2.75) is 13.8 Å². The van der Waals surface area contributed by atoms with Crippen molar-refractivity contribution in [3.63, 3.8) is 0 Å². The zero-order valence-electron chi connectivity index (χ0n) is 12.1. The van der Waals surface area contributed by atoms with Crippen molar-refractivity contribution in [2.24, 2.45) is 10.2 Å². The molecule has 22 heavy (non-hydrogen) atoms. The van der Waals surface area contributed by atoms with Crippen molar-refractivity contribution in [1.29, 1.82) is 0 Å². The van der Waals surface area contributed by atoms with E-state index in [0.717, 1.165) is 0 Å². The zero-order valence-corrected chi connectivity index (χ0v) is 12.1. The number of carboxylic acid groups (broad SMARTS) is 2. The topological polar surface area (TPSA) is 99.3 Å². The van der Waals surface area contributed by atoms with Gasteiger partial charge in [-0.15, -0.1) is 0 Å². The molecule has 6 nitrogen and oxygen atoms in total. The summed E-state index contributed by atoms with van der Waals surface area (Å²) >= 11 is 0. The highest BCUT2D eigenvalue weighted by molar-refractivity contribution is 5.90. The third-order valence-electron chi connectivity index (χ3n) is 3.16. The fourth-order valence-corrected chi connectivity index (χ4v) is 2.02. The first-order chi connectivity index (χ1) is 10.4. The van der Waals surface area contributed by atoms with Crippen LogP contribution in [0.1, 0.15) is 31.8 Å². The van der Waals surface area contributed by atoms with E-state index in [1.54, 1.807) is 38.1 Å². The van der Waals surface area contributed by atoms with Crippen LogP contribution in [0.25, 0.3) is 0 Å². The van der Waals surface area contributed by atoms with Gasteiger partial charge < -0.3 is 10.2 Å². The van der Waals surface area contributed by atoms with Gasteiger partial charge in [0.2, 0.25) is 0 Å². The smallest absolute Gasteiger partial charge is 0.335 e. The first kappa shape index (κ1) is 15.4. The molecule has 0 atom stereocenters. The lowest BCUT2D eigenvalue weighted by atomic mass is 10.1. The molecule has 0 aromatic heterocycles. The Balaban J connectivity index is 2.25. The molecule has 0 spiro atoms. The molecule has 6 heteroatoms. The molecule has 0 aliphatic heterocycles. The number of benzene rings is 2. The summed E-state index contributed by atoms with van der Waals surface area (Å²) in [6.45, 7) is 3.38. The summed E-state index contributed by atoms with van der Waals surface area (Å²) < 4.78 is 0. The molecule has 0 bridgehead atoms. The van der Waals surface area contributed by atoms with Gasteiger partial charge >= 0.3 is 11.9 Å². The molecule has 2 aromatic carbocycles. The number of carboxylic acids is 2. The van der Waals surface area contributed by atoms with Crippen molar-refractivity contribution < 1.29 is 19.8 Å². The Morgan fingerprint density at radius 2 is 1.14 bits per heavy atom. The summed E-state index contributed by atoms with van der Waals surface area (Å²) in [5, 5.41) is 26.0. The molecule has 0 unspecified atom stereocenters. The van der Waals surface area contributed by atoms with Crippen LogP contribution in [0.2, 0.25) is 0 Å². The lowest BCUT2D eigenvalue weighted by Crippen LogP contribution is -1.98. The van der Waals surface area contributed by atoms with Crippen molar-refractivity contribution in [3.8, 4) is 0 Å². The summed E-state index contributed by atoms with van der Waals surface area (Å²) in [7, 11) is 0. The van der Waals surface area contributed by atoms with Crippen LogP contribution >= 0.6 is 0 Å². The predicted molar refractivity (Wildman–Crippen MR) is 80.5 cm³/mol. The molecule has 0 aliphatic carbocycles. The van der Waals surface area contributed by atoms with Crippen molar-refractivity contribution in [1.82, 2.24) is 0 Å². The first-order valence-corrected chi connectivity index (χ1v) is 6.48. The van der Waals surface area contributed by atoms with Gasteiger partial charge in [0.15, 0.2) is 0 Å². The Bertz CT molecular complexity index is 716. The fraction of sp³-hybridized carbons (Fsp3) is 0.125. The predicted octanol–water partition coefficient (Wildman–Crippen LogP) is 4.12. The van der Waals surface area contributed by atoms with Crippen molar-refractivity contribution in [3.05, 3.63) is 58.7 Å². The number of hydrogen-bond acceptors (Lipinski definition) is 4. The molecule has 0 heterocycles. The van der Waals surface area contributed by atoms with Crippen molar-refractivity contribution >= 4 is 23.3 Å². The molecule has 0 saturated carbocycles. The van der Waals surface area contributed by atoms with E-state index >= 15 is 0 Å². The quantitative estimate of drug-likeness (QED) is 0.829. The summed E-state index contributed by atoms with van der Waals surface area (Å²) in [6, 6.07) is 9.35. The summed E-state index contributed by atoms with van der Waals surface area (Å²) in [5.74, 6) is -1.97. The maximum Gasteiger partial charge on any atom is 0.335 e. The molecule has 0 radical (unpaired) electrons. The number of nitrogens with zero attached hydrogens (tertiary/aromatic N) is 2. The van der Waals surface area contributed by atoms with E-state index in [1.807, 2.05) is 0 Å². The molecule has 0 saturated heterocycles. The normalized spacial score (nSPS) is 10.8. The van der Waals surface area contributed by atoms with Crippen LogP contribution in [0.4, 0.5) is 11.4 Å². The van der Waals surface area contributed by atoms with Gasteiger partial charge in [-0.2, -0.15) is 10.2 Å². The number of carbonyl (C=O) groups is 2. The van der Waals surface area contributed by atoms with Gasteiger partial charge in [-0.1, -0.05) is 0 Å². The van der Waals surface area contributed by atoms with Gasteiger partial charge in [0.25, 0.3) is 0 Å². The van der Waals surface area contributed by atoms with E-state index in [-0.39, 0.29) is 11.1 Å². The van der Waals surface area contributed by atoms with Crippen LogP contribution in [-0.2, 0) is 0 Å². The fourth-order valence-electron chi connectivity index (χ4n) is 2.02. The molecule has 0 fully saturated rings. The molecular weight excluding hydrogens is 284 g/mol. The SMILES string of the molecule is Cc1cc(/N=N/c2ccc(C(=O)O)c(C)c2)ccc1C(=O)O. The first-order valence-electron chi connectivity index (χ1n) is 6.48. The molecule has 2 N–H and O–H groups in total. The highest BCUT2D eigenvalue weighted by Crippen LogP contribution is 2.23. The van der Waals surface area contributed by atoms with E-state index in [4.69, 9.17) is 10.2 Å². The molecular formula is C16H14N2O4. The van der Waals surface area contributed by atoms with Crippen LogP contribution in [0.3, 0.4) is 0 Å². The largest absolute Gasteiger partial charge is 0.478 e. The minimum atomic E-state index is -0.985. The van der Waals surface area contributed by atoms with E-state index in [0.29, 0.717) is 22.5 Å². The zero-order chi connectivity index (χ0) is 16.3. The Kier molecular flexibility index (Phi) is 4.31. The second-order valence-electron chi connectivity index (χ2n) is 4.81. The minimum Gasteiger partial charge on any atom is -0.478 e. The van der Waals surface area contributed by atoms with Crippen LogP contribution in [-0.4, -0.2) is 22.2 Å². The maximum absolute atomic E-state index is 10.9. The average Bonchev–Trinajstić information content (AvgIpc) is 2.44. The van der Waals surface area contributed by atoms with Crippen LogP contribution in [0.15, 0.2) is 46.6 Å². The van der Waals surface area contributed by atoms with Crippen LogP contribution < -0.4 is 0 Å². The monoisotopic (exact) mass is 298 g/mol. The van der Waals surface area contributed by atoms with Gasteiger partial charge in [-0.3, -0.25) is 0 Å². The van der Waals surface area contributed by atoms with Gasteiger partial charge in [0, 0.05) is 0 Å². The average molecular weight is 298 g/mol. The van der Waals surface area contributed by atoms with Gasteiger partial charge in [0.1, 0.15) is 0 Å². The van der Waals surface area contributed by atoms with E-state index in [2.05, 4.69) is 10.2 Å². The maximum atomic E-state index is 10.9. The van der Waals surface area contributed by atoms with E-state index in [1.165, 1.54) is 12.1 Å². The van der Waals surface area contributed by atoms with E-state index in [9.17, 15) is 9.59 Å². The summed E-state index contributed by atoms with van der Waals surface area (Å²) in [6.07, 6.45) is 0. The Labute approximate surface area is 126 Å². The third kappa shape index (κ3) is 3.35. The Hall–Kier alpha value is -3.02. The Morgan fingerprint density at radius 3 is 1.41 bits per heavy atom. The number of aryl methyl sites for hydroxylation is 2. The highest BCUT2D eigenvalue weighted by Gasteiger charge is 2.08. The van der Waals surface area contributed by atoms with E-state index < -0.39 is 11.9 Å². The van der Waals surface area contributed by atoms with Crippen molar-refractivity contribution in [2.75, 3.05) is 0 Å². The number of rotatable bonds is 4. The lowest BCUT2D eigenvalue weighted by Gasteiger charge is -2.02. The second kappa shape index (κ2) is 6.17. The van der Waals surface area contributed by atoms with Gasteiger partial charge in [0.05, 0.1) is 22.5 Å². The minimum absolute atomic E-state index is 0.223. The molecule has 2 rings (SSSR count). The van der Waals surface area contributed by atoms with Crippen LogP contribution in [0, 0.1) is 13.8 Å². The Morgan fingerprint density at radius 1 is 0.773 bits per heavy atom. The van der Waals surface area contributed by atoms with Gasteiger partial charge in [-0.05, 0) is 61.4 Å². The lowest BCUT2D eigenvalue weighted by molar-refractivity contribution is 0.0685. The summed E-state index contributed by atoms with van der Waals surface area (Å²) in [4.78, 5) is 21.9. The second-order valence-corrected chi connectivity index (χ2v) is 4.81. The summed E-state index contributed by atoms with van der Waals surface area (Å²) in [5.41, 5.74) is 2.70. The van der Waals surface area contributed by atoms with Crippen LogP contribution in [0.5, 0.6) is 0 Å². The molecule has 0 aliphatic rings. The third-order valence-corrected chi connectivity index (χ3v) is 3.16. The highest BCUT2D eigenvalue weighted by atomic mass is 16.4. The molecule has 2 aromatic rings. The number of aromatic carboxylic acids is 2. The number of azo groups is 1. The number of hydrogen-bond donors (Lipinski definition) is 2. The molecule has 0 amide bonds. The molecule has 112 valence electrons.